The summed E-state index contributed by atoms with van der Waals surface area (Å²) in [6.07, 6.45) is 25.0. The van der Waals surface area contributed by atoms with Crippen LogP contribution in [0.4, 0.5) is 11.4 Å². The molecule has 1 aromatic carbocycles. The first-order valence-electron chi connectivity index (χ1n) is 12.0. The molecule has 33 heavy (non-hydrogen) atoms. The molecule has 0 radical (unpaired) electrons. The summed E-state index contributed by atoms with van der Waals surface area (Å²) in [4.78, 5) is 4.64. The van der Waals surface area contributed by atoms with Crippen LogP contribution in [-0.4, -0.2) is 6.54 Å². The summed E-state index contributed by atoms with van der Waals surface area (Å²) < 4.78 is 0. The average Bonchev–Trinajstić information content (AvgIpc) is 2.88. The Morgan fingerprint density at radius 1 is 0.939 bits per heavy atom. The quantitative estimate of drug-likeness (QED) is 0.406. The lowest BCUT2D eigenvalue weighted by Gasteiger charge is -2.41. The molecule has 2 aliphatic carbocycles. The number of allylic oxidation sites excluding steroid dienone is 11. The Morgan fingerprint density at radius 2 is 1.73 bits per heavy atom. The van der Waals surface area contributed by atoms with Crippen molar-refractivity contribution in [1.29, 1.82) is 0 Å². The molecule has 1 aliphatic heterocycles. The molecule has 168 valence electrons. The van der Waals surface area contributed by atoms with E-state index in [0.29, 0.717) is 0 Å². The van der Waals surface area contributed by atoms with Gasteiger partial charge in [-0.1, -0.05) is 80.8 Å². The van der Waals surface area contributed by atoms with Crippen molar-refractivity contribution in [3.8, 4) is 0 Å². The number of anilines is 2. The molecule has 2 nitrogen and oxygen atoms in total. The van der Waals surface area contributed by atoms with Gasteiger partial charge in [-0.3, -0.25) is 0 Å². The number of benzene rings is 1. The van der Waals surface area contributed by atoms with Crippen molar-refractivity contribution < 1.29 is 0 Å². The molecule has 0 saturated carbocycles. The largest absolute Gasteiger partial charge is 0.334 e. The minimum Gasteiger partial charge on any atom is -0.334 e. The fraction of sp³-hybridized carbons (Fsp3) is 0.226. The van der Waals surface area contributed by atoms with Gasteiger partial charge in [0.1, 0.15) is 0 Å². The Bertz CT molecular complexity index is 1130. The molecule has 0 bridgehead atoms. The van der Waals surface area contributed by atoms with Gasteiger partial charge >= 0.3 is 0 Å². The summed E-state index contributed by atoms with van der Waals surface area (Å²) in [6, 6.07) is 8.59. The van der Waals surface area contributed by atoms with Gasteiger partial charge in [-0.25, -0.2) is 0 Å². The smallest absolute Gasteiger partial charge is 0.0699 e. The average molecular weight is 435 g/mol. The first-order chi connectivity index (χ1) is 16.2. The number of fused-ring (bicyclic) bond motifs is 1. The molecule has 0 spiro atoms. The van der Waals surface area contributed by atoms with E-state index >= 15 is 0 Å². The van der Waals surface area contributed by atoms with Crippen LogP contribution in [0.25, 0.3) is 0 Å². The fourth-order valence-corrected chi connectivity index (χ4v) is 4.81. The number of hydrogen-bond acceptors (Lipinski definition) is 2. The highest BCUT2D eigenvalue weighted by Gasteiger charge is 2.29. The lowest BCUT2D eigenvalue weighted by molar-refractivity contribution is 0.864. The molecule has 1 heterocycles. The highest BCUT2D eigenvalue weighted by molar-refractivity contribution is 5.84. The van der Waals surface area contributed by atoms with Crippen molar-refractivity contribution >= 4 is 11.4 Å². The van der Waals surface area contributed by atoms with Crippen LogP contribution >= 0.6 is 0 Å². The van der Waals surface area contributed by atoms with Gasteiger partial charge in [-0.05, 0) is 73.6 Å². The van der Waals surface area contributed by atoms with Crippen molar-refractivity contribution in [1.82, 2.24) is 0 Å². The molecule has 4 rings (SSSR count). The zero-order chi connectivity index (χ0) is 23.2. The Hall–Kier alpha value is -3.52. The maximum Gasteiger partial charge on any atom is 0.0699 e. The molecule has 2 heteroatoms. The summed E-state index contributed by atoms with van der Waals surface area (Å²) in [5.41, 5.74) is 9.79. The van der Waals surface area contributed by atoms with Gasteiger partial charge in [0.05, 0.1) is 22.8 Å². The van der Waals surface area contributed by atoms with E-state index in [1.54, 1.807) is 0 Å². The van der Waals surface area contributed by atoms with Gasteiger partial charge < -0.3 is 9.80 Å². The Labute approximate surface area is 199 Å². The molecular formula is C31H34N2. The van der Waals surface area contributed by atoms with Crippen LogP contribution in [0.2, 0.25) is 0 Å². The maximum absolute atomic E-state index is 4.16. The summed E-state index contributed by atoms with van der Waals surface area (Å²) in [5.74, 6) is 0. The monoisotopic (exact) mass is 434 g/mol. The maximum atomic E-state index is 4.16. The Morgan fingerprint density at radius 3 is 2.39 bits per heavy atom. The third-order valence-corrected chi connectivity index (χ3v) is 6.56. The summed E-state index contributed by atoms with van der Waals surface area (Å²) in [7, 11) is 0. The minimum atomic E-state index is 0.752. The fourth-order valence-electron chi connectivity index (χ4n) is 4.81. The zero-order valence-electron chi connectivity index (χ0n) is 19.8. The lowest BCUT2D eigenvalue weighted by atomic mass is 9.91. The van der Waals surface area contributed by atoms with Crippen LogP contribution in [0.15, 0.2) is 132 Å². The van der Waals surface area contributed by atoms with E-state index in [4.69, 9.17) is 0 Å². The SMILES string of the molecule is C=CC1=C(C=CCN2C(C=C)=C(C=C)N(C3=CCCC=C3)c3ccccc32)C=C(CC)CC1. The van der Waals surface area contributed by atoms with Gasteiger partial charge in [0.2, 0.25) is 0 Å². The van der Waals surface area contributed by atoms with Crippen LogP contribution in [0.1, 0.15) is 39.0 Å². The van der Waals surface area contributed by atoms with Crippen molar-refractivity contribution in [3.05, 3.63) is 132 Å². The minimum absolute atomic E-state index is 0.752. The Balaban J connectivity index is 1.73. The molecule has 0 fully saturated rings. The van der Waals surface area contributed by atoms with Crippen LogP contribution in [-0.2, 0) is 0 Å². The van der Waals surface area contributed by atoms with Crippen molar-refractivity contribution in [2.45, 2.75) is 39.0 Å². The first-order valence-corrected chi connectivity index (χ1v) is 12.0. The normalized spacial score (nSPS) is 18.3. The third-order valence-electron chi connectivity index (χ3n) is 6.56. The summed E-state index contributed by atoms with van der Waals surface area (Å²) >= 11 is 0. The number of hydrogen-bond donors (Lipinski definition) is 0. The molecule has 1 aromatic rings. The molecule has 0 saturated heterocycles. The third kappa shape index (κ3) is 4.52. The molecule has 0 unspecified atom stereocenters. The van der Waals surface area contributed by atoms with Crippen LogP contribution in [0.3, 0.4) is 0 Å². The van der Waals surface area contributed by atoms with Gasteiger partial charge in [-0.15, -0.1) is 0 Å². The second-order valence-corrected chi connectivity index (χ2v) is 8.47. The Kier molecular flexibility index (Phi) is 7.14. The highest BCUT2D eigenvalue weighted by Crippen LogP contribution is 2.43. The summed E-state index contributed by atoms with van der Waals surface area (Å²) in [6.45, 7) is 15.3. The highest BCUT2D eigenvalue weighted by atomic mass is 15.3. The van der Waals surface area contributed by atoms with E-state index < -0.39 is 0 Å². The van der Waals surface area contributed by atoms with E-state index in [1.165, 1.54) is 33.8 Å². The first kappa shape index (κ1) is 22.7. The predicted octanol–water partition coefficient (Wildman–Crippen LogP) is 8.30. The van der Waals surface area contributed by atoms with E-state index in [9.17, 15) is 0 Å². The molecule has 3 aliphatic rings. The van der Waals surface area contributed by atoms with E-state index in [2.05, 4.69) is 97.2 Å². The van der Waals surface area contributed by atoms with Crippen LogP contribution in [0.5, 0.6) is 0 Å². The lowest BCUT2D eigenvalue weighted by Crippen LogP contribution is -2.35. The number of para-hydroxylation sites is 2. The van der Waals surface area contributed by atoms with Crippen molar-refractivity contribution in [2.75, 3.05) is 16.3 Å². The van der Waals surface area contributed by atoms with E-state index in [0.717, 1.165) is 50.0 Å². The van der Waals surface area contributed by atoms with Gasteiger partial charge in [-0.2, -0.15) is 0 Å². The second kappa shape index (κ2) is 10.4. The predicted molar refractivity (Wildman–Crippen MR) is 144 cm³/mol. The van der Waals surface area contributed by atoms with Crippen molar-refractivity contribution in [3.63, 3.8) is 0 Å². The van der Waals surface area contributed by atoms with Crippen molar-refractivity contribution in [2.24, 2.45) is 0 Å². The molecule has 0 amide bonds. The second-order valence-electron chi connectivity index (χ2n) is 8.47. The topological polar surface area (TPSA) is 6.48 Å². The molecule has 0 N–H and O–H groups in total. The van der Waals surface area contributed by atoms with Crippen LogP contribution in [0, 0.1) is 0 Å². The molecule has 0 aromatic heterocycles. The standard InChI is InChI=1S/C31H34N2/c1-5-24-20-21-25(6-2)26(23-24)15-14-22-32-28(7-3)29(8-4)33(27-16-10-9-11-17-27)31-19-13-12-18-30(31)32/h6-8,10,12-19,23H,2-5,9,11,20-22H2,1H3. The van der Waals surface area contributed by atoms with Crippen LogP contribution < -0.4 is 9.80 Å². The van der Waals surface area contributed by atoms with Gasteiger partial charge in [0.15, 0.2) is 0 Å². The number of rotatable bonds is 8. The number of nitrogens with zero attached hydrogens (tertiary/aromatic N) is 2. The van der Waals surface area contributed by atoms with Gasteiger partial charge in [0, 0.05) is 12.2 Å². The summed E-state index contributed by atoms with van der Waals surface area (Å²) in [5, 5.41) is 0. The van der Waals surface area contributed by atoms with E-state index in [-0.39, 0.29) is 0 Å². The van der Waals surface area contributed by atoms with Gasteiger partial charge in [0.25, 0.3) is 0 Å². The van der Waals surface area contributed by atoms with E-state index in [1.807, 2.05) is 18.2 Å². The zero-order valence-corrected chi connectivity index (χ0v) is 19.8. The molecule has 0 atom stereocenters. The molecular weight excluding hydrogens is 400 g/mol.